The van der Waals surface area contributed by atoms with Crippen LogP contribution in [-0.4, -0.2) is 10.5 Å². The number of hydrogen-bond donors (Lipinski definition) is 1. The number of carbonyl (C=O) groups excluding carboxylic acids is 1. The van der Waals surface area contributed by atoms with Gasteiger partial charge in [-0.3, -0.25) is 4.79 Å². The van der Waals surface area contributed by atoms with Crippen molar-refractivity contribution in [1.82, 2.24) is 4.57 Å². The lowest BCUT2D eigenvalue weighted by Gasteiger charge is -2.08. The van der Waals surface area contributed by atoms with Crippen molar-refractivity contribution >= 4 is 24.2 Å². The van der Waals surface area contributed by atoms with Gasteiger partial charge in [-0.15, -0.1) is 0 Å². The first kappa shape index (κ1) is 13.7. The normalized spacial score (nSPS) is 10.8. The molecule has 1 heterocycles. The highest BCUT2D eigenvalue weighted by atomic mass is 32.1. The van der Waals surface area contributed by atoms with Crippen LogP contribution in [0.2, 0.25) is 0 Å². The molecule has 0 aliphatic carbocycles. The molecule has 0 atom stereocenters. The van der Waals surface area contributed by atoms with Crippen LogP contribution in [0.5, 0.6) is 0 Å². The first-order valence-corrected chi connectivity index (χ1v) is 6.23. The van der Waals surface area contributed by atoms with Crippen LogP contribution in [-0.2, 0) is 4.79 Å². The molecular weight excluding hydrogens is 270 g/mol. The number of primary amides is 1. The summed E-state index contributed by atoms with van der Waals surface area (Å²) in [6.07, 6.45) is 3.23. The van der Waals surface area contributed by atoms with Crippen LogP contribution in [0.1, 0.15) is 5.56 Å². The number of hydrogen-bond acceptors (Lipinski definition) is 3. The van der Waals surface area contributed by atoms with Gasteiger partial charge >= 0.3 is 0 Å². The van der Waals surface area contributed by atoms with E-state index in [2.05, 4.69) is 0 Å². The predicted octanol–water partition coefficient (Wildman–Crippen LogP) is 2.60. The second kappa shape index (κ2) is 5.95. The van der Waals surface area contributed by atoms with Gasteiger partial charge in [0.25, 0.3) is 5.91 Å². The zero-order valence-electron chi connectivity index (χ0n) is 10.5. The van der Waals surface area contributed by atoms with Gasteiger partial charge in [0.1, 0.15) is 16.3 Å². The molecule has 4 nitrogen and oxygen atoms in total. The van der Waals surface area contributed by atoms with Crippen molar-refractivity contribution in [2.24, 2.45) is 5.73 Å². The average Bonchev–Trinajstić information content (AvgIpc) is 2.46. The summed E-state index contributed by atoms with van der Waals surface area (Å²) < 4.78 is 2.31. The molecule has 0 bridgehead atoms. The maximum absolute atomic E-state index is 11.1. The van der Waals surface area contributed by atoms with Gasteiger partial charge in [0, 0.05) is 17.4 Å². The molecule has 2 N–H and O–H groups in total. The average molecular weight is 281 g/mol. The topological polar surface area (TPSA) is 71.8 Å². The van der Waals surface area contributed by atoms with Gasteiger partial charge < -0.3 is 10.3 Å². The Labute approximate surface area is 121 Å². The Kier molecular flexibility index (Phi) is 4.08. The third-order valence-corrected chi connectivity index (χ3v) is 3.13. The van der Waals surface area contributed by atoms with Crippen molar-refractivity contribution in [3.05, 3.63) is 64.4 Å². The van der Waals surface area contributed by atoms with Gasteiger partial charge in [-0.05, 0) is 24.3 Å². The molecule has 1 aromatic heterocycles. The molecule has 2 rings (SSSR count). The van der Waals surface area contributed by atoms with E-state index in [-0.39, 0.29) is 5.57 Å². The van der Waals surface area contributed by atoms with Crippen LogP contribution in [0.25, 0.3) is 11.8 Å². The number of rotatable bonds is 3. The fourth-order valence-electron chi connectivity index (χ4n) is 1.73. The Morgan fingerprint density at radius 2 is 1.95 bits per heavy atom. The smallest absolute Gasteiger partial charge is 0.259 e. The van der Waals surface area contributed by atoms with E-state index in [4.69, 9.17) is 23.2 Å². The van der Waals surface area contributed by atoms with E-state index in [9.17, 15) is 4.79 Å². The number of nitrogens with two attached hydrogens (primary N) is 1. The van der Waals surface area contributed by atoms with E-state index < -0.39 is 5.91 Å². The van der Waals surface area contributed by atoms with Gasteiger partial charge in [0.15, 0.2) is 0 Å². The fraction of sp³-hybridized carbons (Fsp3) is 0. The van der Waals surface area contributed by atoms with Gasteiger partial charge in [0.2, 0.25) is 0 Å². The van der Waals surface area contributed by atoms with Crippen LogP contribution in [0, 0.1) is 16.0 Å². The highest BCUT2D eigenvalue weighted by molar-refractivity contribution is 7.71. The Morgan fingerprint density at radius 3 is 2.55 bits per heavy atom. The lowest BCUT2D eigenvalue weighted by atomic mass is 10.1. The van der Waals surface area contributed by atoms with Crippen LogP contribution in [0.4, 0.5) is 0 Å². The summed E-state index contributed by atoms with van der Waals surface area (Å²) in [5.41, 5.74) is 6.51. The molecule has 1 amide bonds. The number of nitrogens with zero attached hydrogens (tertiary/aromatic N) is 2. The molecule has 0 spiro atoms. The molecule has 0 aliphatic heterocycles. The molecule has 0 aliphatic rings. The summed E-state index contributed by atoms with van der Waals surface area (Å²) >= 11 is 5.38. The van der Waals surface area contributed by atoms with Crippen LogP contribution in [0.15, 0.2) is 54.2 Å². The van der Waals surface area contributed by atoms with Crippen LogP contribution >= 0.6 is 12.2 Å². The number of pyridine rings is 1. The Morgan fingerprint density at radius 1 is 1.25 bits per heavy atom. The van der Waals surface area contributed by atoms with Crippen molar-refractivity contribution in [3.63, 3.8) is 0 Å². The third kappa shape index (κ3) is 2.82. The summed E-state index contributed by atoms with van der Waals surface area (Å²) in [6, 6.07) is 14.9. The molecule has 98 valence electrons. The number of para-hydroxylation sites is 1. The summed E-state index contributed by atoms with van der Waals surface area (Å²) in [5.74, 6) is -0.767. The number of nitriles is 1. The minimum atomic E-state index is -0.767. The first-order valence-electron chi connectivity index (χ1n) is 5.82. The number of benzene rings is 1. The molecule has 5 heteroatoms. The molecule has 0 saturated heterocycles. The second-order valence-electron chi connectivity index (χ2n) is 4.01. The summed E-state index contributed by atoms with van der Waals surface area (Å²) in [7, 11) is 0. The van der Waals surface area contributed by atoms with Crippen LogP contribution in [0.3, 0.4) is 0 Å². The maximum Gasteiger partial charge on any atom is 0.259 e. The van der Waals surface area contributed by atoms with Crippen molar-refractivity contribution < 1.29 is 4.79 Å². The summed E-state index contributed by atoms with van der Waals surface area (Å²) in [5, 5.41) is 8.88. The summed E-state index contributed by atoms with van der Waals surface area (Å²) in [4.78, 5) is 11.1. The number of carbonyl (C=O) groups is 1. The first-order chi connectivity index (χ1) is 9.63. The third-order valence-electron chi connectivity index (χ3n) is 2.70. The predicted molar refractivity (Wildman–Crippen MR) is 79.4 cm³/mol. The lowest BCUT2D eigenvalue weighted by Crippen LogP contribution is -2.12. The minimum Gasteiger partial charge on any atom is -0.365 e. The zero-order chi connectivity index (χ0) is 14.5. The van der Waals surface area contributed by atoms with Crippen molar-refractivity contribution in [1.29, 1.82) is 5.26 Å². The molecular formula is C15H11N3OS. The highest BCUT2D eigenvalue weighted by Gasteiger charge is 2.05. The second-order valence-corrected chi connectivity index (χ2v) is 4.39. The molecule has 0 radical (unpaired) electrons. The number of aromatic nitrogens is 1. The molecule has 0 fully saturated rings. The monoisotopic (exact) mass is 281 g/mol. The van der Waals surface area contributed by atoms with E-state index in [0.717, 1.165) is 5.69 Å². The molecule has 0 saturated carbocycles. The standard InChI is InChI=1S/C15H11N3OS/c16-10-12(14(17)19)9-11-5-4-8-18(15(11)20)13-6-2-1-3-7-13/h1-9H,(H2,17,19)/b12-9+. The Hall–Kier alpha value is -2.71. The SMILES string of the molecule is N#C/C(=C\c1cccn(-c2ccccc2)c1=S)C(N)=O. The van der Waals surface area contributed by atoms with Gasteiger partial charge in [-0.25, -0.2) is 0 Å². The van der Waals surface area contributed by atoms with E-state index in [0.29, 0.717) is 10.2 Å². The van der Waals surface area contributed by atoms with Gasteiger partial charge in [-0.2, -0.15) is 5.26 Å². The maximum atomic E-state index is 11.1. The van der Waals surface area contributed by atoms with Crippen LogP contribution < -0.4 is 5.73 Å². The minimum absolute atomic E-state index is 0.123. The molecule has 1 aromatic carbocycles. The number of amides is 1. The summed E-state index contributed by atoms with van der Waals surface area (Å²) in [6.45, 7) is 0. The molecule has 2 aromatic rings. The Bertz CT molecular complexity index is 770. The van der Waals surface area contributed by atoms with Gasteiger partial charge in [-0.1, -0.05) is 36.5 Å². The highest BCUT2D eigenvalue weighted by Crippen LogP contribution is 2.14. The van der Waals surface area contributed by atoms with E-state index in [1.54, 1.807) is 22.8 Å². The van der Waals surface area contributed by atoms with E-state index in [1.165, 1.54) is 6.08 Å². The molecule has 0 unspecified atom stereocenters. The lowest BCUT2D eigenvalue weighted by molar-refractivity contribution is -0.114. The van der Waals surface area contributed by atoms with Crippen molar-refractivity contribution in [2.45, 2.75) is 0 Å². The van der Waals surface area contributed by atoms with Crippen molar-refractivity contribution in [3.8, 4) is 11.8 Å². The zero-order valence-corrected chi connectivity index (χ0v) is 11.3. The molecule has 20 heavy (non-hydrogen) atoms. The van der Waals surface area contributed by atoms with Crippen molar-refractivity contribution in [2.75, 3.05) is 0 Å². The Balaban J connectivity index is 2.58. The van der Waals surface area contributed by atoms with E-state index >= 15 is 0 Å². The quantitative estimate of drug-likeness (QED) is 0.534. The van der Waals surface area contributed by atoms with Gasteiger partial charge in [0.05, 0.1) is 0 Å². The van der Waals surface area contributed by atoms with E-state index in [1.807, 2.05) is 36.5 Å². The largest absolute Gasteiger partial charge is 0.365 e. The fourth-order valence-corrected chi connectivity index (χ4v) is 2.02.